The molecule has 0 unspecified atom stereocenters. The summed E-state index contributed by atoms with van der Waals surface area (Å²) in [5, 5.41) is 47.0. The second kappa shape index (κ2) is 22.2. The van der Waals surface area contributed by atoms with Crippen LogP contribution in [0.15, 0.2) is 72.8 Å². The fourth-order valence-electron chi connectivity index (χ4n) is 7.13. The fourth-order valence-corrected chi connectivity index (χ4v) is 7.13. The SMILES string of the molecule is CC(=O)N[C@@H]1[C@H](OCc2ccccc2)O[C@H](CO)[C@H](O)[C@@H]1O[C@H](C)C(=O)N[C@@H](C)C(=O)N[C@H](CCC(=O)OCCCN[C@@H]1c2ccccc2Nc2cccc([N+](=O)[O-])c21)C(N)=O. The zero-order valence-corrected chi connectivity index (χ0v) is 34.5. The number of esters is 1. The van der Waals surface area contributed by atoms with Crippen LogP contribution in [-0.4, -0.2) is 113 Å². The van der Waals surface area contributed by atoms with E-state index in [1.807, 2.05) is 54.6 Å². The van der Waals surface area contributed by atoms with Crippen LogP contribution in [0.5, 0.6) is 0 Å². The Morgan fingerprint density at radius 1 is 0.968 bits per heavy atom. The Kier molecular flexibility index (Phi) is 16.8. The third kappa shape index (κ3) is 12.3. The summed E-state index contributed by atoms with van der Waals surface area (Å²) in [6, 6.07) is 17.2. The van der Waals surface area contributed by atoms with Gasteiger partial charge in [0.15, 0.2) is 6.29 Å². The van der Waals surface area contributed by atoms with Gasteiger partial charge in [0, 0.05) is 25.1 Å². The molecular weight excluding hydrogens is 810 g/mol. The predicted octanol–water partition coefficient (Wildman–Crippen LogP) is 1.09. The van der Waals surface area contributed by atoms with Crippen LogP contribution in [0.4, 0.5) is 17.1 Å². The van der Waals surface area contributed by atoms with Gasteiger partial charge in [0.1, 0.15) is 42.5 Å². The van der Waals surface area contributed by atoms with E-state index < -0.39 is 96.0 Å². The first-order valence-electron chi connectivity index (χ1n) is 20.1. The predicted molar refractivity (Wildman–Crippen MR) is 221 cm³/mol. The van der Waals surface area contributed by atoms with E-state index in [9.17, 15) is 44.3 Å². The topological polar surface area (TPSA) is 292 Å². The number of rotatable bonds is 21. The van der Waals surface area contributed by atoms with E-state index in [2.05, 4.69) is 26.6 Å². The Hall–Kier alpha value is -6.03. The zero-order valence-electron chi connectivity index (χ0n) is 34.5. The molecule has 1 fully saturated rings. The van der Waals surface area contributed by atoms with E-state index in [0.29, 0.717) is 24.2 Å². The molecule has 0 saturated carbocycles. The van der Waals surface area contributed by atoms with Crippen molar-refractivity contribution in [3.05, 3.63) is 99.6 Å². The van der Waals surface area contributed by atoms with Crippen LogP contribution in [0.1, 0.15) is 62.8 Å². The molecule has 334 valence electrons. The summed E-state index contributed by atoms with van der Waals surface area (Å²) in [4.78, 5) is 74.8. The third-order valence-electron chi connectivity index (χ3n) is 10.3. The first-order chi connectivity index (χ1) is 29.7. The number of nitrogens with two attached hydrogens (primary N) is 1. The number of aliphatic hydroxyl groups is 2. The summed E-state index contributed by atoms with van der Waals surface area (Å²) < 4.78 is 23.0. The highest BCUT2D eigenvalue weighted by Crippen LogP contribution is 2.43. The number of primary amides is 1. The Bertz CT molecular complexity index is 2060. The Morgan fingerprint density at radius 3 is 2.37 bits per heavy atom. The molecule has 0 aliphatic carbocycles. The van der Waals surface area contributed by atoms with Crippen molar-refractivity contribution >= 4 is 46.7 Å². The Labute approximate surface area is 357 Å². The number of amides is 4. The molecule has 1 saturated heterocycles. The van der Waals surface area contributed by atoms with Crippen molar-refractivity contribution in [3.8, 4) is 0 Å². The lowest BCUT2D eigenvalue weighted by Gasteiger charge is -2.44. The van der Waals surface area contributed by atoms with Crippen molar-refractivity contribution in [1.29, 1.82) is 0 Å². The summed E-state index contributed by atoms with van der Waals surface area (Å²) in [7, 11) is 0. The van der Waals surface area contributed by atoms with Crippen molar-refractivity contribution in [2.24, 2.45) is 5.73 Å². The smallest absolute Gasteiger partial charge is 0.305 e. The second-order valence-electron chi connectivity index (χ2n) is 14.9. The number of carbonyl (C=O) groups excluding carboxylic acids is 5. The number of benzene rings is 3. The molecule has 9 N–H and O–H groups in total. The summed E-state index contributed by atoms with van der Waals surface area (Å²) in [5.74, 6) is -3.69. The molecule has 62 heavy (non-hydrogen) atoms. The maximum Gasteiger partial charge on any atom is 0.305 e. The van der Waals surface area contributed by atoms with Gasteiger partial charge >= 0.3 is 5.97 Å². The van der Waals surface area contributed by atoms with Crippen molar-refractivity contribution in [3.63, 3.8) is 0 Å². The largest absolute Gasteiger partial charge is 0.466 e. The highest BCUT2D eigenvalue weighted by Gasteiger charge is 2.48. The lowest BCUT2D eigenvalue weighted by molar-refractivity contribution is -0.385. The monoisotopic (exact) mass is 863 g/mol. The van der Waals surface area contributed by atoms with E-state index in [1.54, 1.807) is 12.1 Å². The molecule has 5 rings (SSSR count). The Balaban J connectivity index is 1.08. The van der Waals surface area contributed by atoms with Gasteiger partial charge in [0.25, 0.3) is 5.69 Å². The zero-order chi connectivity index (χ0) is 44.9. The van der Waals surface area contributed by atoms with E-state index in [0.717, 1.165) is 16.8 Å². The molecule has 2 heterocycles. The van der Waals surface area contributed by atoms with Crippen LogP contribution in [0.25, 0.3) is 0 Å². The number of nitrogens with one attached hydrogen (secondary N) is 5. The summed E-state index contributed by atoms with van der Waals surface area (Å²) >= 11 is 0. The van der Waals surface area contributed by atoms with Crippen LogP contribution in [0.2, 0.25) is 0 Å². The van der Waals surface area contributed by atoms with E-state index >= 15 is 0 Å². The molecule has 0 bridgehead atoms. The minimum Gasteiger partial charge on any atom is -0.466 e. The summed E-state index contributed by atoms with van der Waals surface area (Å²) in [5.41, 5.74) is 9.00. The number of aliphatic hydroxyl groups excluding tert-OH is 2. The number of ether oxygens (including phenoxy) is 4. The molecule has 3 aromatic rings. The number of anilines is 2. The molecular formula is C42H53N7O13. The molecule has 20 heteroatoms. The van der Waals surface area contributed by atoms with E-state index in [1.165, 1.54) is 26.8 Å². The van der Waals surface area contributed by atoms with E-state index in [-0.39, 0.29) is 31.7 Å². The second-order valence-corrected chi connectivity index (χ2v) is 14.9. The molecule has 0 aromatic heterocycles. The van der Waals surface area contributed by atoms with Gasteiger partial charge in [-0.2, -0.15) is 0 Å². The number of carbonyl (C=O) groups is 5. The average molecular weight is 864 g/mol. The summed E-state index contributed by atoms with van der Waals surface area (Å²) in [6.45, 7) is 3.69. The van der Waals surface area contributed by atoms with Gasteiger partial charge < -0.3 is 61.5 Å². The lowest BCUT2D eigenvalue weighted by Crippen LogP contribution is -2.66. The fraction of sp³-hybridized carbons (Fsp3) is 0.452. The quantitative estimate of drug-likeness (QED) is 0.0322. The van der Waals surface area contributed by atoms with Gasteiger partial charge in [0.2, 0.25) is 23.6 Å². The standard InChI is InChI=1S/C42H53N7O13/c1-23(45-41(56)24(2)61-38-36(46-25(3)51)42(62-32(21-50)37(38)53)60-22-26-11-5-4-6-12-26)40(55)48-30(39(43)54)17-18-33(52)59-20-10-19-44-35-27-13-7-8-14-28(27)47-29-15-9-16-31(34(29)35)49(57)58/h4-9,11-16,23-24,30,32,35-38,42,44,47,50,53H,10,17-22H2,1-3H3,(H2,43,54)(H,45,56)(H,46,51)(H,48,55)/t23-,24+,30+,32+,35+,36-,37-,38+,42+/m0/s1. The minimum atomic E-state index is -1.51. The van der Waals surface area contributed by atoms with Crippen LogP contribution in [-0.2, 0) is 49.5 Å². The van der Waals surface area contributed by atoms with Gasteiger partial charge in [-0.05, 0) is 56.5 Å². The third-order valence-corrected chi connectivity index (χ3v) is 10.3. The van der Waals surface area contributed by atoms with Crippen molar-refractivity contribution in [2.45, 2.75) is 102 Å². The number of nitro benzene ring substituents is 1. The van der Waals surface area contributed by atoms with Gasteiger partial charge in [-0.15, -0.1) is 0 Å². The number of para-hydroxylation sites is 1. The normalized spacial score (nSPS) is 21.7. The van der Waals surface area contributed by atoms with Crippen LogP contribution in [0.3, 0.4) is 0 Å². The van der Waals surface area contributed by atoms with Crippen LogP contribution >= 0.6 is 0 Å². The lowest BCUT2D eigenvalue weighted by atomic mass is 9.90. The highest BCUT2D eigenvalue weighted by atomic mass is 16.7. The van der Waals surface area contributed by atoms with Gasteiger partial charge in [0.05, 0.1) is 42.0 Å². The highest BCUT2D eigenvalue weighted by molar-refractivity contribution is 5.92. The first-order valence-corrected chi connectivity index (χ1v) is 20.1. The minimum absolute atomic E-state index is 0.00238. The Morgan fingerprint density at radius 2 is 1.68 bits per heavy atom. The van der Waals surface area contributed by atoms with Crippen molar-refractivity contribution < 1.29 is 58.1 Å². The maximum atomic E-state index is 13.2. The van der Waals surface area contributed by atoms with Crippen molar-refractivity contribution in [1.82, 2.24) is 21.3 Å². The van der Waals surface area contributed by atoms with E-state index in [4.69, 9.17) is 24.7 Å². The molecule has 20 nitrogen and oxygen atoms in total. The van der Waals surface area contributed by atoms with Gasteiger partial charge in [-0.1, -0.05) is 54.6 Å². The molecule has 2 aliphatic rings. The van der Waals surface area contributed by atoms with Gasteiger partial charge in [-0.25, -0.2) is 0 Å². The van der Waals surface area contributed by atoms with Gasteiger partial charge in [-0.3, -0.25) is 34.1 Å². The average Bonchev–Trinajstić information content (AvgIpc) is 3.25. The number of hydrogen-bond acceptors (Lipinski definition) is 15. The molecule has 0 spiro atoms. The molecule has 0 radical (unpaired) electrons. The number of nitro groups is 1. The number of fused-ring (bicyclic) bond motifs is 2. The van der Waals surface area contributed by atoms with Crippen LogP contribution < -0.4 is 32.3 Å². The van der Waals surface area contributed by atoms with Crippen molar-refractivity contribution in [2.75, 3.05) is 25.1 Å². The first kappa shape index (κ1) is 47.0. The molecule has 3 aromatic carbocycles. The van der Waals surface area contributed by atoms with Crippen LogP contribution in [0, 0.1) is 10.1 Å². The maximum absolute atomic E-state index is 13.2. The number of nitrogens with zero attached hydrogens (tertiary/aromatic N) is 1. The number of hydrogen-bond donors (Lipinski definition) is 8. The molecule has 2 aliphatic heterocycles. The molecule has 4 amide bonds. The summed E-state index contributed by atoms with van der Waals surface area (Å²) in [6.07, 6.45) is -6.65. The molecule has 9 atom stereocenters.